The number of nitro groups is 1. The SMILES string of the molecule is COc1ccccc1NS(=O)(=O)c1ccc(NC(=O)Nc2ccc([N+](=O)[O-])cc2Cl)cc1. The lowest BCUT2D eigenvalue weighted by Crippen LogP contribution is -2.20. The van der Waals surface area contributed by atoms with Gasteiger partial charge in [-0.3, -0.25) is 14.8 Å². The van der Waals surface area contributed by atoms with Crippen LogP contribution in [0.1, 0.15) is 0 Å². The number of urea groups is 1. The first kappa shape index (κ1) is 22.8. The van der Waals surface area contributed by atoms with Crippen molar-refractivity contribution in [3.8, 4) is 5.75 Å². The van der Waals surface area contributed by atoms with Gasteiger partial charge in [0, 0.05) is 17.8 Å². The van der Waals surface area contributed by atoms with Crippen LogP contribution in [0.4, 0.5) is 27.5 Å². The van der Waals surface area contributed by atoms with Crippen molar-refractivity contribution in [3.63, 3.8) is 0 Å². The van der Waals surface area contributed by atoms with Gasteiger partial charge >= 0.3 is 6.03 Å². The van der Waals surface area contributed by atoms with Gasteiger partial charge in [0.15, 0.2) is 0 Å². The molecule has 2 amide bonds. The Morgan fingerprint density at radius 2 is 1.69 bits per heavy atom. The highest BCUT2D eigenvalue weighted by molar-refractivity contribution is 7.92. The van der Waals surface area contributed by atoms with Crippen LogP contribution in [-0.4, -0.2) is 26.5 Å². The first-order chi connectivity index (χ1) is 15.2. The summed E-state index contributed by atoms with van der Waals surface area (Å²) in [5, 5.41) is 15.7. The molecule has 0 saturated carbocycles. The number of carbonyl (C=O) groups is 1. The Hall–Kier alpha value is -3.83. The number of rotatable bonds is 7. The fraction of sp³-hybridized carbons (Fsp3) is 0.0500. The molecule has 0 radical (unpaired) electrons. The van der Waals surface area contributed by atoms with Gasteiger partial charge in [0.25, 0.3) is 15.7 Å². The molecule has 3 N–H and O–H groups in total. The minimum atomic E-state index is -3.89. The van der Waals surface area contributed by atoms with Crippen molar-refractivity contribution in [3.05, 3.63) is 81.9 Å². The molecule has 3 aromatic carbocycles. The Labute approximate surface area is 188 Å². The van der Waals surface area contributed by atoms with Crippen LogP contribution in [0.15, 0.2) is 71.6 Å². The molecule has 3 rings (SSSR count). The molecule has 32 heavy (non-hydrogen) atoms. The summed E-state index contributed by atoms with van der Waals surface area (Å²) >= 11 is 5.95. The average Bonchev–Trinajstić information content (AvgIpc) is 2.75. The number of methoxy groups -OCH3 is 1. The molecular formula is C20H17ClN4O6S. The molecule has 0 atom stereocenters. The molecule has 0 bridgehead atoms. The Kier molecular flexibility index (Phi) is 6.81. The van der Waals surface area contributed by atoms with E-state index in [1.807, 2.05) is 0 Å². The molecule has 0 aliphatic carbocycles. The van der Waals surface area contributed by atoms with Gasteiger partial charge in [0.05, 0.1) is 33.3 Å². The van der Waals surface area contributed by atoms with E-state index in [9.17, 15) is 23.3 Å². The number of para-hydroxylation sites is 2. The molecule has 0 spiro atoms. The summed E-state index contributed by atoms with van der Waals surface area (Å²) < 4.78 is 32.8. The Morgan fingerprint density at radius 1 is 1.00 bits per heavy atom. The van der Waals surface area contributed by atoms with Crippen molar-refractivity contribution in [1.82, 2.24) is 0 Å². The predicted molar refractivity (Wildman–Crippen MR) is 121 cm³/mol. The summed E-state index contributed by atoms with van der Waals surface area (Å²) in [4.78, 5) is 22.3. The van der Waals surface area contributed by atoms with Gasteiger partial charge in [-0.1, -0.05) is 23.7 Å². The van der Waals surface area contributed by atoms with E-state index in [2.05, 4.69) is 15.4 Å². The minimum absolute atomic E-state index is 0.00166. The van der Waals surface area contributed by atoms with Gasteiger partial charge < -0.3 is 15.4 Å². The first-order valence-corrected chi connectivity index (χ1v) is 10.8. The number of anilines is 3. The van der Waals surface area contributed by atoms with E-state index in [4.69, 9.17) is 16.3 Å². The van der Waals surface area contributed by atoms with Crippen LogP contribution < -0.4 is 20.1 Å². The Morgan fingerprint density at radius 3 is 2.31 bits per heavy atom. The smallest absolute Gasteiger partial charge is 0.323 e. The number of hydrogen-bond acceptors (Lipinski definition) is 6. The molecular weight excluding hydrogens is 460 g/mol. The molecule has 0 heterocycles. The summed E-state index contributed by atoms with van der Waals surface area (Å²) in [7, 11) is -2.45. The minimum Gasteiger partial charge on any atom is -0.495 e. The van der Waals surface area contributed by atoms with Crippen molar-refractivity contribution >= 4 is 50.4 Å². The molecule has 12 heteroatoms. The monoisotopic (exact) mass is 476 g/mol. The van der Waals surface area contributed by atoms with Crippen LogP contribution in [0.5, 0.6) is 5.75 Å². The lowest BCUT2D eigenvalue weighted by atomic mass is 10.3. The number of nitrogens with zero attached hydrogens (tertiary/aromatic N) is 1. The zero-order valence-corrected chi connectivity index (χ0v) is 18.1. The van der Waals surface area contributed by atoms with Gasteiger partial charge in [0.1, 0.15) is 5.75 Å². The van der Waals surface area contributed by atoms with Crippen molar-refractivity contribution in [2.75, 3.05) is 22.5 Å². The second-order valence-electron chi connectivity index (χ2n) is 6.33. The van der Waals surface area contributed by atoms with E-state index in [0.29, 0.717) is 11.4 Å². The number of sulfonamides is 1. The maximum atomic E-state index is 12.6. The fourth-order valence-electron chi connectivity index (χ4n) is 2.65. The molecule has 166 valence electrons. The number of benzene rings is 3. The van der Waals surface area contributed by atoms with E-state index in [-0.39, 0.29) is 27.0 Å². The fourth-order valence-corrected chi connectivity index (χ4v) is 3.95. The van der Waals surface area contributed by atoms with E-state index >= 15 is 0 Å². The molecule has 0 aliphatic heterocycles. The van der Waals surface area contributed by atoms with Gasteiger partial charge in [-0.15, -0.1) is 0 Å². The second-order valence-corrected chi connectivity index (χ2v) is 8.42. The number of halogens is 1. The van der Waals surface area contributed by atoms with Gasteiger partial charge in [0.2, 0.25) is 0 Å². The number of nitrogens with one attached hydrogen (secondary N) is 3. The zero-order chi connectivity index (χ0) is 23.3. The van der Waals surface area contributed by atoms with Gasteiger partial charge in [-0.2, -0.15) is 0 Å². The third kappa shape index (κ3) is 5.45. The highest BCUT2D eigenvalue weighted by atomic mass is 35.5. The maximum absolute atomic E-state index is 12.6. The maximum Gasteiger partial charge on any atom is 0.323 e. The predicted octanol–water partition coefficient (Wildman–Crippen LogP) is 4.70. The Balaban J connectivity index is 1.67. The summed E-state index contributed by atoms with van der Waals surface area (Å²) in [6.07, 6.45) is 0. The zero-order valence-electron chi connectivity index (χ0n) is 16.5. The topological polar surface area (TPSA) is 140 Å². The van der Waals surface area contributed by atoms with Gasteiger partial charge in [-0.25, -0.2) is 13.2 Å². The quantitative estimate of drug-likeness (QED) is 0.333. The average molecular weight is 477 g/mol. The van der Waals surface area contributed by atoms with Crippen LogP contribution in [0.2, 0.25) is 5.02 Å². The standard InChI is InChI=1S/C20H17ClN4O6S/c1-31-19-5-3-2-4-18(19)24-32(29,30)15-9-6-13(7-10-15)22-20(26)23-17-11-8-14(25(27)28)12-16(17)21/h2-12,24H,1H3,(H2,22,23,26). The van der Waals surface area contributed by atoms with Crippen LogP contribution in [0.25, 0.3) is 0 Å². The second kappa shape index (κ2) is 9.54. The molecule has 3 aromatic rings. The van der Waals surface area contributed by atoms with Gasteiger partial charge in [-0.05, 0) is 42.5 Å². The first-order valence-electron chi connectivity index (χ1n) is 8.97. The number of non-ortho nitro benzene ring substituents is 1. The normalized spacial score (nSPS) is 10.8. The highest BCUT2D eigenvalue weighted by Crippen LogP contribution is 2.28. The van der Waals surface area contributed by atoms with E-state index in [1.165, 1.54) is 43.5 Å². The number of ether oxygens (including phenoxy) is 1. The van der Waals surface area contributed by atoms with Crippen molar-refractivity contribution < 1.29 is 22.9 Å². The van der Waals surface area contributed by atoms with Crippen LogP contribution >= 0.6 is 11.6 Å². The number of amides is 2. The summed E-state index contributed by atoms with van der Waals surface area (Å²) in [6.45, 7) is 0. The van der Waals surface area contributed by atoms with E-state index in [1.54, 1.807) is 24.3 Å². The van der Waals surface area contributed by atoms with Crippen molar-refractivity contribution in [2.45, 2.75) is 4.90 Å². The van der Waals surface area contributed by atoms with E-state index < -0.39 is 21.0 Å². The molecule has 0 aromatic heterocycles. The molecule has 0 saturated heterocycles. The molecule has 0 unspecified atom stereocenters. The summed E-state index contributed by atoms with van der Waals surface area (Å²) in [5.74, 6) is 0.371. The van der Waals surface area contributed by atoms with Crippen molar-refractivity contribution in [1.29, 1.82) is 0 Å². The lowest BCUT2D eigenvalue weighted by Gasteiger charge is -2.12. The van der Waals surface area contributed by atoms with E-state index in [0.717, 1.165) is 6.07 Å². The van der Waals surface area contributed by atoms with Crippen LogP contribution in [0, 0.1) is 10.1 Å². The van der Waals surface area contributed by atoms with Crippen molar-refractivity contribution in [2.24, 2.45) is 0 Å². The molecule has 10 nitrogen and oxygen atoms in total. The van der Waals surface area contributed by atoms with Crippen LogP contribution in [-0.2, 0) is 10.0 Å². The lowest BCUT2D eigenvalue weighted by molar-refractivity contribution is -0.384. The number of nitro benzene ring substituents is 1. The Bertz CT molecular complexity index is 1270. The number of carbonyl (C=O) groups excluding carboxylic acids is 1. The molecule has 0 fully saturated rings. The third-order valence-corrected chi connectivity index (χ3v) is 5.88. The molecule has 0 aliphatic rings. The summed E-state index contributed by atoms with van der Waals surface area (Å²) in [6, 6.07) is 15.0. The summed E-state index contributed by atoms with van der Waals surface area (Å²) in [5.41, 5.74) is 0.572. The third-order valence-electron chi connectivity index (χ3n) is 4.19. The highest BCUT2D eigenvalue weighted by Gasteiger charge is 2.17. The van der Waals surface area contributed by atoms with Crippen LogP contribution in [0.3, 0.4) is 0 Å². The largest absolute Gasteiger partial charge is 0.495 e. The number of hydrogen-bond donors (Lipinski definition) is 3.